The first-order chi connectivity index (χ1) is 19.6. The lowest BCUT2D eigenvalue weighted by atomic mass is 9.87. The molecule has 0 saturated carbocycles. The lowest BCUT2D eigenvalue weighted by molar-refractivity contribution is 0.199. The summed E-state index contributed by atoms with van der Waals surface area (Å²) in [5.41, 5.74) is 4.67. The number of carbonyl (C=O) groups is 1. The third-order valence-electron chi connectivity index (χ3n) is 6.83. The number of amides is 1. The Bertz CT molecular complexity index is 1760. The number of carbonyl (C=O) groups excluding carboxylic acids is 1. The molecule has 5 rings (SSSR count). The number of hydrogen-bond acceptors (Lipinski definition) is 4. The molecule has 1 amide bonds. The van der Waals surface area contributed by atoms with Crippen molar-refractivity contribution in [2.75, 3.05) is 11.3 Å². The summed E-state index contributed by atoms with van der Waals surface area (Å²) < 4.78 is 34.8. The summed E-state index contributed by atoms with van der Waals surface area (Å²) in [6.45, 7) is 6.67. The van der Waals surface area contributed by atoms with Gasteiger partial charge in [0, 0.05) is 23.1 Å². The van der Waals surface area contributed by atoms with Gasteiger partial charge in [0.1, 0.15) is 0 Å². The van der Waals surface area contributed by atoms with Crippen molar-refractivity contribution < 1.29 is 17.9 Å². The number of nitrogens with one attached hydrogen (secondary N) is 3. The molecule has 0 aliphatic carbocycles. The van der Waals surface area contributed by atoms with E-state index in [-0.39, 0.29) is 16.2 Å². The van der Waals surface area contributed by atoms with Gasteiger partial charge in [0.05, 0.1) is 10.5 Å². The molecule has 8 heteroatoms. The summed E-state index contributed by atoms with van der Waals surface area (Å²) in [5.74, 6) is 0.279. The molecule has 0 aliphatic heterocycles. The van der Waals surface area contributed by atoms with Crippen LogP contribution in [0.2, 0.25) is 0 Å². The largest absolute Gasteiger partial charge is 0.413 e. The highest BCUT2D eigenvalue weighted by molar-refractivity contribution is 7.92. The van der Waals surface area contributed by atoms with E-state index in [0.717, 1.165) is 16.7 Å². The molecule has 5 aromatic rings. The second kappa shape index (κ2) is 11.5. The van der Waals surface area contributed by atoms with Gasteiger partial charge in [-0.15, -0.1) is 0 Å². The fraction of sp³-hybridized carbons (Fsp3) is 0.182. The first-order valence-corrected chi connectivity index (χ1v) is 14.9. The Labute approximate surface area is 240 Å². The molecule has 1 aromatic heterocycles. The number of anilines is 1. The van der Waals surface area contributed by atoms with Crippen LogP contribution in [0.15, 0.2) is 108 Å². The molecule has 0 spiro atoms. The van der Waals surface area contributed by atoms with Crippen LogP contribution >= 0.6 is 0 Å². The highest BCUT2D eigenvalue weighted by Crippen LogP contribution is 2.39. The summed E-state index contributed by atoms with van der Waals surface area (Å²) >= 11 is 0. The molecule has 41 heavy (non-hydrogen) atoms. The van der Waals surface area contributed by atoms with Gasteiger partial charge in [0.25, 0.3) is 10.0 Å². The number of hydrogen-bond donors (Lipinski definition) is 3. The Morgan fingerprint density at radius 2 is 1.51 bits per heavy atom. The number of ether oxygens (including phenoxy) is 1. The lowest BCUT2D eigenvalue weighted by Gasteiger charge is -2.19. The van der Waals surface area contributed by atoms with Crippen LogP contribution in [0.5, 0.6) is 5.88 Å². The van der Waals surface area contributed by atoms with Crippen molar-refractivity contribution in [1.29, 1.82) is 0 Å². The minimum Gasteiger partial charge on any atom is -0.393 e. The van der Waals surface area contributed by atoms with E-state index < -0.39 is 16.1 Å². The van der Waals surface area contributed by atoms with Crippen molar-refractivity contribution in [3.63, 3.8) is 0 Å². The highest BCUT2D eigenvalue weighted by atomic mass is 32.2. The molecule has 210 valence electrons. The molecule has 7 nitrogen and oxygen atoms in total. The minimum atomic E-state index is -3.82. The van der Waals surface area contributed by atoms with Crippen molar-refractivity contribution in [2.45, 2.75) is 37.5 Å². The zero-order valence-electron chi connectivity index (χ0n) is 23.3. The van der Waals surface area contributed by atoms with E-state index in [0.29, 0.717) is 35.1 Å². The third-order valence-corrected chi connectivity index (χ3v) is 8.23. The van der Waals surface area contributed by atoms with Crippen LogP contribution in [0.1, 0.15) is 31.9 Å². The summed E-state index contributed by atoms with van der Waals surface area (Å²) in [7, 11) is -3.82. The van der Waals surface area contributed by atoms with Gasteiger partial charge in [0.15, 0.2) is 0 Å². The topological polar surface area (TPSA) is 100 Å². The van der Waals surface area contributed by atoms with Crippen molar-refractivity contribution in [2.24, 2.45) is 0 Å². The molecule has 0 unspecified atom stereocenters. The molecular formula is C33H33N3O4S. The second-order valence-corrected chi connectivity index (χ2v) is 12.6. The fourth-order valence-corrected chi connectivity index (χ4v) is 5.68. The van der Waals surface area contributed by atoms with Gasteiger partial charge in [-0.05, 0) is 58.9 Å². The van der Waals surface area contributed by atoms with E-state index in [1.807, 2.05) is 72.8 Å². The number of sulfonamides is 1. The van der Waals surface area contributed by atoms with Crippen LogP contribution in [-0.2, 0) is 21.9 Å². The van der Waals surface area contributed by atoms with E-state index in [9.17, 15) is 13.2 Å². The van der Waals surface area contributed by atoms with Gasteiger partial charge in [-0.25, -0.2) is 13.2 Å². The first kappa shape index (κ1) is 28.0. The predicted molar refractivity (Wildman–Crippen MR) is 164 cm³/mol. The molecule has 0 fully saturated rings. The smallest absolute Gasteiger partial charge is 0.393 e. The van der Waals surface area contributed by atoms with Crippen LogP contribution in [0, 0.1) is 0 Å². The maximum absolute atomic E-state index is 13.2. The molecule has 0 atom stereocenters. The Kier molecular flexibility index (Phi) is 7.85. The van der Waals surface area contributed by atoms with Crippen LogP contribution in [-0.4, -0.2) is 26.0 Å². The Hall–Kier alpha value is -4.56. The quantitative estimate of drug-likeness (QED) is 0.184. The van der Waals surface area contributed by atoms with Crippen molar-refractivity contribution >= 4 is 32.7 Å². The van der Waals surface area contributed by atoms with Gasteiger partial charge in [-0.3, -0.25) is 4.72 Å². The number of rotatable bonds is 8. The minimum absolute atomic E-state index is 0.0819. The Morgan fingerprint density at radius 3 is 2.17 bits per heavy atom. The number of aromatic nitrogens is 1. The van der Waals surface area contributed by atoms with Gasteiger partial charge in [-0.2, -0.15) is 0 Å². The number of benzene rings is 4. The molecule has 0 bridgehead atoms. The van der Waals surface area contributed by atoms with E-state index in [1.54, 1.807) is 30.3 Å². The van der Waals surface area contributed by atoms with Crippen LogP contribution in [0.3, 0.4) is 0 Å². The summed E-state index contributed by atoms with van der Waals surface area (Å²) in [5, 5.41) is 3.52. The van der Waals surface area contributed by atoms with Crippen molar-refractivity contribution in [3.8, 4) is 17.0 Å². The first-order valence-electron chi connectivity index (χ1n) is 13.4. The zero-order valence-corrected chi connectivity index (χ0v) is 24.1. The average molecular weight is 568 g/mol. The summed E-state index contributed by atoms with van der Waals surface area (Å²) in [4.78, 5) is 16.1. The van der Waals surface area contributed by atoms with Crippen LogP contribution in [0.4, 0.5) is 10.5 Å². The molecule has 0 radical (unpaired) electrons. The summed E-state index contributed by atoms with van der Waals surface area (Å²) in [6, 6.07) is 31.5. The number of H-pyrrole nitrogens is 1. The average Bonchev–Trinajstić information content (AvgIpc) is 3.30. The van der Waals surface area contributed by atoms with E-state index in [4.69, 9.17) is 4.74 Å². The Morgan fingerprint density at radius 1 is 0.854 bits per heavy atom. The zero-order chi connectivity index (χ0) is 29.0. The molecule has 0 saturated heterocycles. The molecule has 3 N–H and O–H groups in total. The SMILES string of the molecule is CC(C)(C)c1ccc(S(=O)(=O)Nc2ccc3[nH]c(OC(=O)NCCc4ccccc4)c(-c4ccccc4)c3c2)cc1. The van der Waals surface area contributed by atoms with E-state index in [2.05, 4.69) is 35.8 Å². The van der Waals surface area contributed by atoms with Gasteiger partial charge in [0.2, 0.25) is 5.88 Å². The molecular weight excluding hydrogens is 534 g/mol. The maximum atomic E-state index is 13.2. The van der Waals surface area contributed by atoms with E-state index >= 15 is 0 Å². The maximum Gasteiger partial charge on any atom is 0.413 e. The molecule has 4 aromatic carbocycles. The fourth-order valence-electron chi connectivity index (χ4n) is 4.63. The standard InChI is InChI=1S/C33H33N3O4S/c1-33(2,3)25-14-17-27(18-15-25)41(38,39)36-26-16-19-29-28(22-26)30(24-12-8-5-9-13-24)31(35-29)40-32(37)34-21-20-23-10-6-4-7-11-23/h4-19,22,35-36H,20-21H2,1-3H3,(H,34,37). The lowest BCUT2D eigenvalue weighted by Crippen LogP contribution is -2.29. The predicted octanol–water partition coefficient (Wildman–Crippen LogP) is 7.26. The monoisotopic (exact) mass is 567 g/mol. The highest BCUT2D eigenvalue weighted by Gasteiger charge is 2.21. The van der Waals surface area contributed by atoms with Gasteiger partial charge < -0.3 is 15.0 Å². The van der Waals surface area contributed by atoms with Gasteiger partial charge >= 0.3 is 6.09 Å². The van der Waals surface area contributed by atoms with Crippen LogP contribution < -0.4 is 14.8 Å². The third kappa shape index (κ3) is 6.61. The molecule has 1 heterocycles. The molecule has 0 aliphatic rings. The van der Waals surface area contributed by atoms with Crippen LogP contribution in [0.25, 0.3) is 22.0 Å². The second-order valence-electron chi connectivity index (χ2n) is 10.9. The van der Waals surface area contributed by atoms with E-state index in [1.165, 1.54) is 0 Å². The number of fused-ring (bicyclic) bond motifs is 1. The normalized spacial score (nSPS) is 11.8. The summed E-state index contributed by atoms with van der Waals surface area (Å²) in [6.07, 6.45) is 0.0978. The number of aromatic amines is 1. The van der Waals surface area contributed by atoms with Crippen molar-refractivity contribution in [1.82, 2.24) is 10.3 Å². The Balaban J connectivity index is 1.40. The van der Waals surface area contributed by atoms with Crippen molar-refractivity contribution in [3.05, 3.63) is 114 Å². The van der Waals surface area contributed by atoms with Gasteiger partial charge in [-0.1, -0.05) is 93.6 Å².